The van der Waals surface area contributed by atoms with E-state index < -0.39 is 0 Å². The molecule has 15 heavy (non-hydrogen) atoms. The summed E-state index contributed by atoms with van der Waals surface area (Å²) in [7, 11) is 0. The number of nitrogens with one attached hydrogen (secondary N) is 1. The molecule has 1 atom stereocenters. The Kier molecular flexibility index (Phi) is 3.21. The third-order valence-corrected chi connectivity index (χ3v) is 2.67. The SMILES string of the molecule is Cc1ccc(F)c(NCC2CCCO2)c1. The molecule has 82 valence electrons. The summed E-state index contributed by atoms with van der Waals surface area (Å²) in [6.45, 7) is 3.49. The average molecular weight is 209 g/mol. The summed E-state index contributed by atoms with van der Waals surface area (Å²) in [6, 6.07) is 5.09. The Hall–Kier alpha value is -1.09. The maximum Gasteiger partial charge on any atom is 0.146 e. The molecule has 0 radical (unpaired) electrons. The molecule has 1 aromatic rings. The number of hydrogen-bond acceptors (Lipinski definition) is 2. The molecule has 0 saturated carbocycles. The fourth-order valence-corrected chi connectivity index (χ4v) is 1.80. The molecule has 1 aromatic carbocycles. The van der Waals surface area contributed by atoms with Crippen molar-refractivity contribution in [1.29, 1.82) is 0 Å². The van der Waals surface area contributed by atoms with Crippen molar-refractivity contribution in [2.45, 2.75) is 25.9 Å². The zero-order valence-corrected chi connectivity index (χ0v) is 8.92. The Morgan fingerprint density at radius 2 is 2.40 bits per heavy atom. The first-order valence-electron chi connectivity index (χ1n) is 5.37. The first-order chi connectivity index (χ1) is 7.25. The molecule has 0 spiro atoms. The van der Waals surface area contributed by atoms with Gasteiger partial charge in [0.1, 0.15) is 5.82 Å². The number of aryl methyl sites for hydroxylation is 1. The van der Waals surface area contributed by atoms with Crippen molar-refractivity contribution in [3.05, 3.63) is 29.6 Å². The highest BCUT2D eigenvalue weighted by Gasteiger charge is 2.15. The van der Waals surface area contributed by atoms with Gasteiger partial charge >= 0.3 is 0 Å². The standard InChI is InChI=1S/C12H16FNO/c1-9-4-5-11(13)12(7-9)14-8-10-3-2-6-15-10/h4-5,7,10,14H,2-3,6,8H2,1H3. The van der Waals surface area contributed by atoms with Gasteiger partial charge in [0.25, 0.3) is 0 Å². The van der Waals surface area contributed by atoms with E-state index in [1.807, 2.05) is 13.0 Å². The summed E-state index contributed by atoms with van der Waals surface area (Å²) in [5, 5.41) is 3.10. The van der Waals surface area contributed by atoms with Gasteiger partial charge in [0.2, 0.25) is 0 Å². The van der Waals surface area contributed by atoms with Crippen LogP contribution in [0.25, 0.3) is 0 Å². The van der Waals surface area contributed by atoms with E-state index in [1.165, 1.54) is 6.07 Å². The van der Waals surface area contributed by atoms with Crippen LogP contribution in [0, 0.1) is 12.7 Å². The van der Waals surface area contributed by atoms with Crippen LogP contribution in [0.2, 0.25) is 0 Å². The van der Waals surface area contributed by atoms with Crippen molar-refractivity contribution in [3.8, 4) is 0 Å². The molecular weight excluding hydrogens is 193 g/mol. The van der Waals surface area contributed by atoms with Crippen LogP contribution in [-0.4, -0.2) is 19.3 Å². The highest BCUT2D eigenvalue weighted by Crippen LogP contribution is 2.17. The Labute approximate surface area is 89.4 Å². The lowest BCUT2D eigenvalue weighted by Gasteiger charge is -2.12. The molecule has 1 unspecified atom stereocenters. The maximum absolute atomic E-state index is 13.3. The molecule has 1 aliphatic heterocycles. The second kappa shape index (κ2) is 4.62. The van der Waals surface area contributed by atoms with Crippen LogP contribution in [0.15, 0.2) is 18.2 Å². The van der Waals surface area contributed by atoms with Crippen LogP contribution in [0.3, 0.4) is 0 Å². The largest absolute Gasteiger partial charge is 0.380 e. The molecule has 0 amide bonds. The van der Waals surface area contributed by atoms with Crippen LogP contribution in [0.5, 0.6) is 0 Å². The lowest BCUT2D eigenvalue weighted by molar-refractivity contribution is 0.120. The zero-order valence-electron chi connectivity index (χ0n) is 8.92. The predicted molar refractivity (Wildman–Crippen MR) is 58.6 cm³/mol. The molecule has 1 heterocycles. The van der Waals surface area contributed by atoms with E-state index in [1.54, 1.807) is 6.07 Å². The lowest BCUT2D eigenvalue weighted by Crippen LogP contribution is -2.18. The Balaban J connectivity index is 1.94. The van der Waals surface area contributed by atoms with Crippen molar-refractivity contribution in [1.82, 2.24) is 0 Å². The van der Waals surface area contributed by atoms with Crippen LogP contribution in [0.1, 0.15) is 18.4 Å². The third kappa shape index (κ3) is 2.69. The van der Waals surface area contributed by atoms with E-state index in [0.29, 0.717) is 12.2 Å². The molecule has 1 saturated heterocycles. The normalized spacial score (nSPS) is 20.5. The predicted octanol–water partition coefficient (Wildman–Crippen LogP) is 2.73. The molecular formula is C12H16FNO. The molecule has 0 bridgehead atoms. The summed E-state index contributed by atoms with van der Waals surface area (Å²) < 4.78 is 18.8. The zero-order chi connectivity index (χ0) is 10.7. The van der Waals surface area contributed by atoms with Gasteiger partial charge in [-0.05, 0) is 37.5 Å². The summed E-state index contributed by atoms with van der Waals surface area (Å²) in [5.41, 5.74) is 1.64. The fraction of sp³-hybridized carbons (Fsp3) is 0.500. The van der Waals surface area contributed by atoms with Crippen molar-refractivity contribution in [2.75, 3.05) is 18.5 Å². The third-order valence-electron chi connectivity index (χ3n) is 2.67. The topological polar surface area (TPSA) is 21.3 Å². The molecule has 0 aliphatic carbocycles. The van der Waals surface area contributed by atoms with Gasteiger partial charge in [-0.1, -0.05) is 6.07 Å². The average Bonchev–Trinajstić information content (AvgIpc) is 2.72. The van der Waals surface area contributed by atoms with Crippen molar-refractivity contribution in [3.63, 3.8) is 0 Å². The van der Waals surface area contributed by atoms with E-state index in [9.17, 15) is 4.39 Å². The highest BCUT2D eigenvalue weighted by atomic mass is 19.1. The Bertz CT molecular complexity index is 334. The first-order valence-corrected chi connectivity index (χ1v) is 5.37. The minimum absolute atomic E-state index is 0.196. The minimum atomic E-state index is -0.196. The summed E-state index contributed by atoms with van der Waals surface area (Å²) in [5.74, 6) is -0.196. The van der Waals surface area contributed by atoms with E-state index >= 15 is 0 Å². The number of anilines is 1. The van der Waals surface area contributed by atoms with Crippen LogP contribution in [0.4, 0.5) is 10.1 Å². The molecule has 2 nitrogen and oxygen atoms in total. The molecule has 2 rings (SSSR count). The monoisotopic (exact) mass is 209 g/mol. The smallest absolute Gasteiger partial charge is 0.146 e. The second-order valence-electron chi connectivity index (χ2n) is 4.00. The second-order valence-corrected chi connectivity index (χ2v) is 4.00. The minimum Gasteiger partial charge on any atom is -0.380 e. The van der Waals surface area contributed by atoms with E-state index in [0.717, 1.165) is 25.0 Å². The fourth-order valence-electron chi connectivity index (χ4n) is 1.80. The van der Waals surface area contributed by atoms with Gasteiger partial charge in [0.15, 0.2) is 0 Å². The summed E-state index contributed by atoms with van der Waals surface area (Å²) in [6.07, 6.45) is 2.42. The summed E-state index contributed by atoms with van der Waals surface area (Å²) in [4.78, 5) is 0. The molecule has 3 heteroatoms. The Morgan fingerprint density at radius 1 is 1.53 bits per heavy atom. The molecule has 1 fully saturated rings. The number of hydrogen-bond donors (Lipinski definition) is 1. The lowest BCUT2D eigenvalue weighted by atomic mass is 10.2. The molecule has 1 N–H and O–H groups in total. The van der Waals surface area contributed by atoms with Gasteiger partial charge in [-0.25, -0.2) is 4.39 Å². The van der Waals surface area contributed by atoms with Crippen LogP contribution < -0.4 is 5.32 Å². The van der Waals surface area contributed by atoms with Crippen LogP contribution in [-0.2, 0) is 4.74 Å². The van der Waals surface area contributed by atoms with E-state index in [-0.39, 0.29) is 11.9 Å². The van der Waals surface area contributed by atoms with Gasteiger partial charge in [0, 0.05) is 13.2 Å². The molecule has 0 aromatic heterocycles. The van der Waals surface area contributed by atoms with Crippen molar-refractivity contribution in [2.24, 2.45) is 0 Å². The first kappa shape index (κ1) is 10.4. The van der Waals surface area contributed by atoms with Gasteiger partial charge in [-0.15, -0.1) is 0 Å². The van der Waals surface area contributed by atoms with Crippen LogP contribution >= 0.6 is 0 Å². The summed E-state index contributed by atoms with van der Waals surface area (Å²) >= 11 is 0. The van der Waals surface area contributed by atoms with Gasteiger partial charge in [-0.3, -0.25) is 0 Å². The molecule has 1 aliphatic rings. The Morgan fingerprint density at radius 3 is 3.13 bits per heavy atom. The van der Waals surface area contributed by atoms with Gasteiger partial charge in [-0.2, -0.15) is 0 Å². The number of ether oxygens (including phenoxy) is 1. The van der Waals surface area contributed by atoms with Crippen molar-refractivity contribution >= 4 is 5.69 Å². The number of benzene rings is 1. The van der Waals surface area contributed by atoms with Gasteiger partial charge < -0.3 is 10.1 Å². The maximum atomic E-state index is 13.3. The number of halogens is 1. The highest BCUT2D eigenvalue weighted by molar-refractivity contribution is 5.47. The van der Waals surface area contributed by atoms with E-state index in [4.69, 9.17) is 4.74 Å². The number of rotatable bonds is 3. The van der Waals surface area contributed by atoms with E-state index in [2.05, 4.69) is 5.32 Å². The van der Waals surface area contributed by atoms with Crippen molar-refractivity contribution < 1.29 is 9.13 Å². The quantitative estimate of drug-likeness (QED) is 0.826. The van der Waals surface area contributed by atoms with Gasteiger partial charge in [0.05, 0.1) is 11.8 Å².